The minimum atomic E-state index is -1.02. The summed E-state index contributed by atoms with van der Waals surface area (Å²) >= 11 is 0. The Hall–Kier alpha value is -0.620. The molecular formula is C18H27ClO8S. The fourth-order valence-corrected chi connectivity index (χ4v) is 6.15. The summed E-state index contributed by atoms with van der Waals surface area (Å²) in [5.41, 5.74) is 0.709. The summed E-state index contributed by atoms with van der Waals surface area (Å²) in [6.45, 7) is -0.260. The van der Waals surface area contributed by atoms with Crippen molar-refractivity contribution >= 4 is 10.9 Å². The lowest BCUT2D eigenvalue weighted by Crippen LogP contribution is -3.00. The monoisotopic (exact) mass is 438 g/mol. The SMILES string of the molecule is COc1cccc(C2OC[C@@H](O)[C@@H]([C@H](O)C[S+]3C[C@@H](O)[C@H](O)[C@H]3CO)O2)c1.[Cl-]. The van der Waals surface area contributed by atoms with E-state index in [9.17, 15) is 25.5 Å². The summed E-state index contributed by atoms with van der Waals surface area (Å²) in [4.78, 5) is 0. The van der Waals surface area contributed by atoms with E-state index in [1.165, 1.54) is 0 Å². The summed E-state index contributed by atoms with van der Waals surface area (Å²) in [6.07, 6.45) is -5.57. The molecule has 0 amide bonds. The highest BCUT2D eigenvalue weighted by Crippen LogP contribution is 2.31. The average Bonchev–Trinajstić information content (AvgIpc) is 2.94. The third kappa shape index (κ3) is 5.10. The fourth-order valence-electron chi connectivity index (χ4n) is 3.47. The zero-order chi connectivity index (χ0) is 19.6. The number of rotatable bonds is 6. The third-order valence-electron chi connectivity index (χ3n) is 4.98. The molecule has 2 aliphatic rings. The van der Waals surface area contributed by atoms with Crippen molar-refractivity contribution in [2.75, 3.05) is 31.8 Å². The average molecular weight is 439 g/mol. The summed E-state index contributed by atoms with van der Waals surface area (Å²) in [6, 6.07) is 7.16. The first-order valence-electron chi connectivity index (χ1n) is 8.85. The molecule has 160 valence electrons. The Morgan fingerprint density at radius 2 is 2.00 bits per heavy atom. The summed E-state index contributed by atoms with van der Waals surface area (Å²) in [7, 11) is 0.972. The zero-order valence-corrected chi connectivity index (χ0v) is 17.0. The number of hydrogen-bond acceptors (Lipinski definition) is 8. The van der Waals surface area contributed by atoms with E-state index in [0.717, 1.165) is 0 Å². The van der Waals surface area contributed by atoms with E-state index in [4.69, 9.17) is 14.2 Å². The second-order valence-electron chi connectivity index (χ2n) is 6.83. The van der Waals surface area contributed by atoms with Gasteiger partial charge in [0.1, 0.15) is 47.8 Å². The van der Waals surface area contributed by atoms with Gasteiger partial charge in [0.2, 0.25) is 0 Å². The Labute approximate surface area is 172 Å². The molecule has 2 saturated heterocycles. The Morgan fingerprint density at radius 1 is 1.25 bits per heavy atom. The van der Waals surface area contributed by atoms with Crippen LogP contribution in [0.4, 0.5) is 0 Å². The number of benzene rings is 1. The van der Waals surface area contributed by atoms with Gasteiger partial charge in [-0.2, -0.15) is 0 Å². The molecule has 0 aromatic heterocycles. The van der Waals surface area contributed by atoms with Crippen LogP contribution < -0.4 is 17.1 Å². The van der Waals surface area contributed by atoms with Gasteiger partial charge in [0.15, 0.2) is 11.5 Å². The number of methoxy groups -OCH3 is 1. The molecule has 1 aromatic rings. The van der Waals surface area contributed by atoms with E-state index in [0.29, 0.717) is 17.1 Å². The van der Waals surface area contributed by atoms with Crippen LogP contribution in [0.2, 0.25) is 0 Å². The van der Waals surface area contributed by atoms with E-state index in [2.05, 4.69) is 0 Å². The molecule has 8 nitrogen and oxygen atoms in total. The number of hydrogen-bond donors (Lipinski definition) is 5. The standard InChI is InChI=1S/C18H27O8S.ClH/c1-24-11-4-2-3-10(5-11)18-25-7-12(20)17(26-18)14(22)9-27-8-13(21)16(23)15(27)6-19;/h2-5,12-23H,6-9H2,1H3;1H/q+1;/p-1/t12-,13-,14-,15-,16+,17+,18?,27?;/m1./s1. The minimum absolute atomic E-state index is 0. The molecule has 8 atom stereocenters. The smallest absolute Gasteiger partial charge is 0.184 e. The van der Waals surface area contributed by atoms with Crippen molar-refractivity contribution in [3.8, 4) is 5.75 Å². The van der Waals surface area contributed by atoms with Gasteiger partial charge < -0.3 is 52.2 Å². The normalized spacial score (nSPS) is 36.6. The molecule has 2 unspecified atom stereocenters. The van der Waals surface area contributed by atoms with Gasteiger partial charge in [-0.25, -0.2) is 0 Å². The number of halogens is 1. The predicted molar refractivity (Wildman–Crippen MR) is 98.6 cm³/mol. The molecule has 2 aliphatic heterocycles. The summed E-state index contributed by atoms with van der Waals surface area (Å²) in [5.74, 6) is 1.16. The predicted octanol–water partition coefficient (Wildman–Crippen LogP) is -4.45. The molecule has 0 aliphatic carbocycles. The molecule has 0 saturated carbocycles. The number of ether oxygens (including phenoxy) is 3. The second kappa shape index (κ2) is 10.4. The van der Waals surface area contributed by atoms with Gasteiger partial charge in [-0.15, -0.1) is 0 Å². The third-order valence-corrected chi connectivity index (χ3v) is 7.80. The van der Waals surface area contributed by atoms with Crippen molar-refractivity contribution in [2.45, 2.75) is 42.1 Å². The van der Waals surface area contributed by atoms with Gasteiger partial charge in [0, 0.05) is 16.5 Å². The van der Waals surface area contributed by atoms with Crippen LogP contribution in [0.15, 0.2) is 24.3 Å². The molecule has 3 rings (SSSR count). The minimum Gasteiger partial charge on any atom is -1.00 e. The van der Waals surface area contributed by atoms with E-state index >= 15 is 0 Å². The highest BCUT2D eigenvalue weighted by Gasteiger charge is 2.51. The van der Waals surface area contributed by atoms with Crippen molar-refractivity contribution in [1.82, 2.24) is 0 Å². The number of aliphatic hydroxyl groups excluding tert-OH is 5. The quantitative estimate of drug-likeness (QED) is 0.281. The molecule has 1 aromatic carbocycles. The van der Waals surface area contributed by atoms with E-state index in [1.54, 1.807) is 25.3 Å². The maximum Gasteiger partial charge on any atom is 0.184 e. The van der Waals surface area contributed by atoms with Crippen molar-refractivity contribution in [3.05, 3.63) is 29.8 Å². The lowest BCUT2D eigenvalue weighted by atomic mass is 10.1. The van der Waals surface area contributed by atoms with Crippen LogP contribution in [0.25, 0.3) is 0 Å². The zero-order valence-electron chi connectivity index (χ0n) is 15.4. The van der Waals surface area contributed by atoms with Gasteiger partial charge in [0.25, 0.3) is 0 Å². The molecule has 10 heteroatoms. The Bertz CT molecular complexity index is 623. The summed E-state index contributed by atoms with van der Waals surface area (Å²) < 4.78 is 16.6. The molecular weight excluding hydrogens is 412 g/mol. The van der Waals surface area contributed by atoms with Crippen molar-refractivity contribution in [2.24, 2.45) is 0 Å². The first kappa shape index (κ1) is 23.7. The van der Waals surface area contributed by atoms with Gasteiger partial charge >= 0.3 is 0 Å². The van der Waals surface area contributed by atoms with Crippen LogP contribution in [0.3, 0.4) is 0 Å². The van der Waals surface area contributed by atoms with Gasteiger partial charge in [0.05, 0.1) is 20.3 Å². The second-order valence-corrected chi connectivity index (χ2v) is 9.17. The molecule has 28 heavy (non-hydrogen) atoms. The van der Waals surface area contributed by atoms with E-state index in [-0.39, 0.29) is 31.4 Å². The molecule has 2 fully saturated rings. The Morgan fingerprint density at radius 3 is 2.68 bits per heavy atom. The van der Waals surface area contributed by atoms with Crippen LogP contribution in [0, 0.1) is 0 Å². The highest BCUT2D eigenvalue weighted by atomic mass is 35.5. The summed E-state index contributed by atoms with van der Waals surface area (Å²) in [5, 5.41) is 49.7. The molecule has 5 N–H and O–H groups in total. The maximum atomic E-state index is 10.7. The Balaban J connectivity index is 0.00000280. The molecule has 2 heterocycles. The van der Waals surface area contributed by atoms with Crippen LogP contribution >= 0.6 is 0 Å². The van der Waals surface area contributed by atoms with E-state index in [1.807, 2.05) is 6.07 Å². The van der Waals surface area contributed by atoms with Crippen molar-refractivity contribution in [1.29, 1.82) is 0 Å². The topological polar surface area (TPSA) is 129 Å². The number of aliphatic hydroxyl groups is 5. The lowest BCUT2D eigenvalue weighted by molar-refractivity contribution is -0.273. The molecule has 0 spiro atoms. The van der Waals surface area contributed by atoms with Crippen LogP contribution in [-0.4, -0.2) is 93.1 Å². The van der Waals surface area contributed by atoms with Crippen molar-refractivity contribution < 1.29 is 52.2 Å². The fraction of sp³-hybridized carbons (Fsp3) is 0.667. The first-order valence-corrected chi connectivity index (χ1v) is 10.5. The van der Waals surface area contributed by atoms with Gasteiger partial charge in [-0.1, -0.05) is 12.1 Å². The van der Waals surface area contributed by atoms with Crippen LogP contribution in [0.1, 0.15) is 11.9 Å². The van der Waals surface area contributed by atoms with Crippen LogP contribution in [0.5, 0.6) is 5.75 Å². The van der Waals surface area contributed by atoms with Crippen molar-refractivity contribution in [3.63, 3.8) is 0 Å². The molecule has 0 radical (unpaired) electrons. The maximum absolute atomic E-state index is 10.7. The first-order chi connectivity index (χ1) is 12.9. The largest absolute Gasteiger partial charge is 1.00 e. The van der Waals surface area contributed by atoms with E-state index < -0.39 is 53.0 Å². The lowest BCUT2D eigenvalue weighted by Gasteiger charge is -2.36. The van der Waals surface area contributed by atoms with Gasteiger partial charge in [-0.3, -0.25) is 0 Å². The molecule has 0 bridgehead atoms. The van der Waals surface area contributed by atoms with Gasteiger partial charge in [-0.05, 0) is 12.1 Å². The van der Waals surface area contributed by atoms with Crippen LogP contribution in [-0.2, 0) is 20.4 Å². The highest BCUT2D eigenvalue weighted by molar-refractivity contribution is 7.97. The Kier molecular flexibility index (Phi) is 8.80.